The molecule has 4 nitrogen and oxygen atoms in total. The smallest absolute Gasteiger partial charge is 0.238 e. The van der Waals surface area contributed by atoms with Crippen molar-refractivity contribution in [2.24, 2.45) is 0 Å². The average molecular weight is 351 g/mol. The van der Waals surface area contributed by atoms with Crippen molar-refractivity contribution < 1.29 is 9.52 Å². The summed E-state index contributed by atoms with van der Waals surface area (Å²) in [5.41, 5.74) is 1.53. The van der Waals surface area contributed by atoms with E-state index in [4.69, 9.17) is 16.0 Å². The van der Waals surface area contributed by atoms with Gasteiger partial charge in [0, 0.05) is 12.6 Å². The maximum absolute atomic E-state index is 10.2. The van der Waals surface area contributed by atoms with Crippen molar-refractivity contribution in [1.29, 1.82) is 0 Å². The summed E-state index contributed by atoms with van der Waals surface area (Å²) >= 11 is 6.28. The number of allylic oxidation sites excluding steroid dienone is 1. The van der Waals surface area contributed by atoms with Crippen LogP contribution in [-0.2, 0) is 0 Å². The third kappa shape index (κ3) is 5.33. The first-order valence-electron chi connectivity index (χ1n) is 8.65. The van der Waals surface area contributed by atoms with Gasteiger partial charge in [-0.3, -0.25) is 4.90 Å². The maximum Gasteiger partial charge on any atom is 0.238 e. The predicted octanol–water partition coefficient (Wildman–Crippen LogP) is 4.67. The van der Waals surface area contributed by atoms with E-state index in [9.17, 15) is 5.11 Å². The van der Waals surface area contributed by atoms with E-state index in [1.54, 1.807) is 0 Å². The molecule has 5 heteroatoms. The Hall–Kier alpha value is -1.36. The number of halogens is 1. The zero-order valence-corrected chi connectivity index (χ0v) is 15.5. The van der Waals surface area contributed by atoms with Gasteiger partial charge in [-0.15, -0.1) is 0 Å². The number of benzene rings is 1. The predicted molar refractivity (Wildman–Crippen MR) is 100 cm³/mol. The molecule has 0 amide bonds. The number of para-hydroxylation sites is 2. The van der Waals surface area contributed by atoms with Crippen molar-refractivity contribution in [2.75, 3.05) is 13.1 Å². The zero-order chi connectivity index (χ0) is 17.5. The highest BCUT2D eigenvalue weighted by molar-refractivity contribution is 6.48. The molecule has 0 aliphatic carbocycles. The van der Waals surface area contributed by atoms with Crippen molar-refractivity contribution >= 4 is 27.7 Å². The fraction of sp³-hybridized carbons (Fsp3) is 0.526. The summed E-state index contributed by atoms with van der Waals surface area (Å²) in [4.78, 5) is 6.67. The molecule has 1 N–H and O–H groups in total. The van der Waals surface area contributed by atoms with Gasteiger partial charge in [-0.1, -0.05) is 36.7 Å². The molecule has 0 saturated heterocycles. The van der Waals surface area contributed by atoms with Crippen molar-refractivity contribution in [2.45, 2.75) is 52.2 Å². The summed E-state index contributed by atoms with van der Waals surface area (Å²) in [6.07, 6.45) is 3.96. The van der Waals surface area contributed by atoms with Crippen molar-refractivity contribution in [1.82, 2.24) is 9.88 Å². The van der Waals surface area contributed by atoms with Gasteiger partial charge in [0.1, 0.15) is 5.52 Å². The molecule has 1 aromatic heterocycles. The minimum atomic E-state index is -0.358. The molecule has 0 spiro atoms. The fourth-order valence-electron chi connectivity index (χ4n) is 2.67. The van der Waals surface area contributed by atoms with Crippen LogP contribution < -0.4 is 0 Å². The van der Waals surface area contributed by atoms with Crippen LogP contribution in [0.15, 0.2) is 34.8 Å². The zero-order valence-electron chi connectivity index (χ0n) is 14.7. The molecule has 24 heavy (non-hydrogen) atoms. The molecule has 2 rings (SSSR count). The van der Waals surface area contributed by atoms with Crippen LogP contribution in [0, 0.1) is 0 Å². The quantitative estimate of drug-likeness (QED) is 0.714. The summed E-state index contributed by atoms with van der Waals surface area (Å²) in [6, 6.07) is 8.03. The van der Waals surface area contributed by atoms with Crippen LogP contribution in [0.1, 0.15) is 45.9 Å². The van der Waals surface area contributed by atoms with Gasteiger partial charge in [-0.25, -0.2) is 4.98 Å². The fourth-order valence-corrected chi connectivity index (χ4v) is 2.86. The number of rotatable bonds is 9. The number of hydrogen-bond donors (Lipinski definition) is 1. The number of nitrogens with zero attached hydrogens (tertiary/aromatic N) is 2. The highest BCUT2D eigenvalue weighted by atomic mass is 35.5. The molecule has 0 fully saturated rings. The number of oxazole rings is 1. The molecule has 0 aliphatic heterocycles. The van der Waals surface area contributed by atoms with Gasteiger partial charge in [0.2, 0.25) is 5.89 Å². The Morgan fingerprint density at radius 1 is 1.38 bits per heavy atom. The van der Waals surface area contributed by atoms with E-state index in [1.807, 2.05) is 30.3 Å². The summed E-state index contributed by atoms with van der Waals surface area (Å²) in [5, 5.41) is 10.7. The van der Waals surface area contributed by atoms with Crippen molar-refractivity contribution in [3.05, 3.63) is 36.2 Å². The van der Waals surface area contributed by atoms with Crippen LogP contribution in [0.2, 0.25) is 0 Å². The lowest BCUT2D eigenvalue weighted by Crippen LogP contribution is -2.38. The lowest BCUT2D eigenvalue weighted by molar-refractivity contribution is 0.0900. The molecule has 132 valence electrons. The van der Waals surface area contributed by atoms with Gasteiger partial charge < -0.3 is 9.52 Å². The lowest BCUT2D eigenvalue weighted by Gasteiger charge is -2.28. The normalized spacial score (nSPS) is 14.0. The molecule has 1 atom stereocenters. The van der Waals surface area contributed by atoms with E-state index in [0.29, 0.717) is 36.4 Å². The number of aromatic nitrogens is 1. The van der Waals surface area contributed by atoms with Crippen LogP contribution in [0.4, 0.5) is 0 Å². The molecule has 0 unspecified atom stereocenters. The molecule has 1 aromatic carbocycles. The van der Waals surface area contributed by atoms with Crippen molar-refractivity contribution in [3.8, 4) is 0 Å². The SMILES string of the molecule is CCCN(C[C@@H](O)CC/C=C(\Cl)c1nc2ccccc2o1)C(C)C. The third-order valence-corrected chi connectivity index (χ3v) is 4.32. The Balaban J connectivity index is 1.88. The molecule has 0 bridgehead atoms. The van der Waals surface area contributed by atoms with Gasteiger partial charge in [-0.05, 0) is 51.8 Å². The van der Waals surface area contributed by atoms with Gasteiger partial charge in [0.05, 0.1) is 11.1 Å². The molecular weight excluding hydrogens is 324 g/mol. The largest absolute Gasteiger partial charge is 0.435 e. The lowest BCUT2D eigenvalue weighted by atomic mass is 10.1. The molecule has 0 saturated carbocycles. The van der Waals surface area contributed by atoms with E-state index in [-0.39, 0.29) is 6.10 Å². The Morgan fingerprint density at radius 3 is 2.79 bits per heavy atom. The highest BCUT2D eigenvalue weighted by Crippen LogP contribution is 2.24. The van der Waals surface area contributed by atoms with Gasteiger partial charge >= 0.3 is 0 Å². The second-order valence-corrected chi connectivity index (χ2v) is 6.77. The number of aliphatic hydroxyl groups excluding tert-OH is 1. The molecule has 0 radical (unpaired) electrons. The Bertz CT molecular complexity index is 633. The van der Waals surface area contributed by atoms with Gasteiger partial charge in [0.25, 0.3) is 0 Å². The van der Waals surface area contributed by atoms with Crippen LogP contribution in [-0.4, -0.2) is 40.2 Å². The van der Waals surface area contributed by atoms with Crippen LogP contribution in [0.3, 0.4) is 0 Å². The van der Waals surface area contributed by atoms with E-state index < -0.39 is 0 Å². The number of fused-ring (bicyclic) bond motifs is 1. The van der Waals surface area contributed by atoms with Gasteiger partial charge in [-0.2, -0.15) is 0 Å². The first kappa shape index (κ1) is 19.0. The second-order valence-electron chi connectivity index (χ2n) is 6.36. The van der Waals surface area contributed by atoms with Crippen molar-refractivity contribution in [3.63, 3.8) is 0 Å². The number of hydrogen-bond acceptors (Lipinski definition) is 4. The summed E-state index contributed by atoms with van der Waals surface area (Å²) in [6.45, 7) is 8.18. The molecule has 2 aromatic rings. The first-order valence-corrected chi connectivity index (χ1v) is 9.02. The standard InChI is InChI=1S/C19H27ClN2O2/c1-4-12-22(14(2)3)13-15(23)8-7-9-16(20)19-21-17-10-5-6-11-18(17)24-19/h5-6,9-11,14-15,23H,4,7-8,12-13H2,1-3H3/b16-9-/t15-/m0/s1. The summed E-state index contributed by atoms with van der Waals surface area (Å²) in [5.74, 6) is 0.433. The second kappa shape index (κ2) is 9.21. The van der Waals surface area contributed by atoms with E-state index in [0.717, 1.165) is 24.1 Å². The van der Waals surface area contributed by atoms with Crippen LogP contribution in [0.5, 0.6) is 0 Å². The van der Waals surface area contributed by atoms with Crippen LogP contribution in [0.25, 0.3) is 16.1 Å². The van der Waals surface area contributed by atoms with Crippen LogP contribution >= 0.6 is 11.6 Å². The average Bonchev–Trinajstić information content (AvgIpc) is 2.98. The Morgan fingerprint density at radius 2 is 2.12 bits per heavy atom. The summed E-state index contributed by atoms with van der Waals surface area (Å²) < 4.78 is 5.63. The third-order valence-electron chi connectivity index (χ3n) is 4.01. The molecule has 1 heterocycles. The maximum atomic E-state index is 10.2. The molecule has 0 aliphatic rings. The van der Waals surface area contributed by atoms with E-state index >= 15 is 0 Å². The molecular formula is C19H27ClN2O2. The minimum Gasteiger partial charge on any atom is -0.435 e. The Kier molecular flexibility index (Phi) is 7.28. The Labute approximate surface area is 149 Å². The highest BCUT2D eigenvalue weighted by Gasteiger charge is 2.14. The topological polar surface area (TPSA) is 49.5 Å². The first-order chi connectivity index (χ1) is 11.5. The monoisotopic (exact) mass is 350 g/mol. The number of aliphatic hydroxyl groups is 1. The van der Waals surface area contributed by atoms with E-state index in [2.05, 4.69) is 30.7 Å². The summed E-state index contributed by atoms with van der Waals surface area (Å²) in [7, 11) is 0. The van der Waals surface area contributed by atoms with E-state index in [1.165, 1.54) is 0 Å². The van der Waals surface area contributed by atoms with Gasteiger partial charge in [0.15, 0.2) is 5.58 Å². The minimum absolute atomic E-state index is 0.358.